The maximum absolute atomic E-state index is 5.40. The minimum atomic E-state index is -0.167. The SMILES string of the molecule is Cc1cccc(C)c1-c1cc2ccnc(-c3[c-]c(Nc4nc(-c5nccc6cc(-c7c(C)cccc7C)sc56)ccc4C(C)(C)C)c(C(C)(C)C)cc3)c2s1.[Pt]. The number of aromatic nitrogens is 3. The number of thiophene rings is 2. The quantitative estimate of drug-likeness (QED) is 0.169. The Morgan fingerprint density at radius 1 is 0.571 bits per heavy atom. The normalized spacial score (nSPS) is 12.0. The van der Waals surface area contributed by atoms with Crippen molar-refractivity contribution in [3.63, 3.8) is 0 Å². The summed E-state index contributed by atoms with van der Waals surface area (Å²) >= 11 is 3.60. The van der Waals surface area contributed by atoms with E-state index in [4.69, 9.17) is 15.0 Å². The van der Waals surface area contributed by atoms with Crippen LogP contribution in [0.5, 0.6) is 0 Å². The predicted molar refractivity (Wildman–Crippen MR) is 237 cm³/mol. The third-order valence-electron chi connectivity index (χ3n) is 10.5. The second kappa shape index (κ2) is 15.1. The molecule has 0 atom stereocenters. The summed E-state index contributed by atoms with van der Waals surface area (Å²) in [5, 5.41) is 6.21. The zero-order chi connectivity index (χ0) is 38.8. The number of pyridine rings is 3. The summed E-state index contributed by atoms with van der Waals surface area (Å²) < 4.78 is 2.30. The fraction of sp³-hybridized carbons (Fsp3) is 0.245. The Hall–Kier alpha value is -4.48. The fourth-order valence-corrected chi connectivity index (χ4v) is 10.4. The Kier molecular flexibility index (Phi) is 10.7. The van der Waals surface area contributed by atoms with Crippen molar-refractivity contribution >= 4 is 54.4 Å². The van der Waals surface area contributed by atoms with Crippen molar-refractivity contribution < 1.29 is 21.1 Å². The molecule has 0 bridgehead atoms. The van der Waals surface area contributed by atoms with Gasteiger partial charge in [0.05, 0.1) is 10.4 Å². The van der Waals surface area contributed by atoms with Crippen LogP contribution in [-0.4, -0.2) is 15.0 Å². The van der Waals surface area contributed by atoms with Crippen LogP contribution in [0.4, 0.5) is 11.5 Å². The molecule has 0 radical (unpaired) electrons. The Morgan fingerprint density at radius 2 is 1.05 bits per heavy atom. The maximum Gasteiger partial charge on any atom is 0.133 e. The first kappa shape index (κ1) is 39.7. The summed E-state index contributed by atoms with van der Waals surface area (Å²) in [6.07, 6.45) is 3.83. The molecule has 0 aliphatic carbocycles. The van der Waals surface area contributed by atoms with E-state index in [1.807, 2.05) is 12.4 Å². The van der Waals surface area contributed by atoms with Gasteiger partial charge in [0, 0.05) is 59.2 Å². The number of rotatable bonds is 6. The number of hydrogen-bond donors (Lipinski definition) is 1. The standard InChI is InChI=1S/C49H47N4S2.Pt/c1-28-13-11-14-29(2)41(28)39-26-33-21-23-50-43(45(33)54-39)32-17-18-35(48(5,6)7)38(25-32)53-47-36(49(8,9)10)19-20-37(52-47)44-46-34(22-24-51-44)27-40(55-46)42-30(3)15-12-16-31(42)4;/h11-24,26-27H,1-10H3,(H,52,53);/q-1;. The molecule has 0 aliphatic heterocycles. The summed E-state index contributed by atoms with van der Waals surface area (Å²) in [7, 11) is 0. The van der Waals surface area contributed by atoms with Gasteiger partial charge in [-0.3, -0.25) is 4.98 Å². The van der Waals surface area contributed by atoms with Crippen LogP contribution in [-0.2, 0) is 31.9 Å². The first-order valence-corrected chi connectivity index (χ1v) is 20.6. The van der Waals surface area contributed by atoms with Crippen LogP contribution in [0.15, 0.2) is 97.3 Å². The number of aryl methyl sites for hydroxylation is 4. The van der Waals surface area contributed by atoms with E-state index in [1.54, 1.807) is 22.7 Å². The topological polar surface area (TPSA) is 50.7 Å². The first-order chi connectivity index (χ1) is 26.2. The Balaban J connectivity index is 0.00000480. The molecule has 0 saturated heterocycles. The Bertz CT molecular complexity index is 2530. The van der Waals surface area contributed by atoms with Crippen molar-refractivity contribution in [2.75, 3.05) is 5.32 Å². The van der Waals surface area contributed by atoms with Gasteiger partial charge in [-0.1, -0.05) is 89.6 Å². The molecule has 7 heteroatoms. The van der Waals surface area contributed by atoms with Gasteiger partial charge < -0.3 is 10.3 Å². The van der Waals surface area contributed by atoms with E-state index < -0.39 is 0 Å². The second-order valence-electron chi connectivity index (χ2n) is 16.8. The summed E-state index contributed by atoms with van der Waals surface area (Å²) in [5.74, 6) is 0.814. The van der Waals surface area contributed by atoms with Crippen molar-refractivity contribution in [2.45, 2.75) is 80.1 Å². The number of benzene rings is 3. The maximum atomic E-state index is 5.40. The monoisotopic (exact) mass is 950 g/mol. The van der Waals surface area contributed by atoms with Crippen molar-refractivity contribution in [2.24, 2.45) is 0 Å². The van der Waals surface area contributed by atoms with Crippen LogP contribution < -0.4 is 5.32 Å². The molecule has 5 aromatic heterocycles. The number of fused-ring (bicyclic) bond motifs is 2. The molecular formula is C49H47N4PtS2-. The van der Waals surface area contributed by atoms with E-state index in [-0.39, 0.29) is 31.9 Å². The Morgan fingerprint density at radius 3 is 1.57 bits per heavy atom. The van der Waals surface area contributed by atoms with Crippen LogP contribution >= 0.6 is 22.7 Å². The van der Waals surface area contributed by atoms with Gasteiger partial charge in [-0.15, -0.1) is 46.4 Å². The van der Waals surface area contributed by atoms with E-state index in [1.165, 1.54) is 53.9 Å². The molecule has 3 aromatic carbocycles. The van der Waals surface area contributed by atoms with E-state index in [0.29, 0.717) is 0 Å². The molecule has 286 valence electrons. The smallest absolute Gasteiger partial charge is 0.133 e. The molecule has 0 spiro atoms. The summed E-state index contributed by atoms with van der Waals surface area (Å²) in [4.78, 5) is 17.8. The first-order valence-electron chi connectivity index (χ1n) is 18.9. The molecule has 8 rings (SSSR count). The zero-order valence-electron chi connectivity index (χ0n) is 33.7. The number of nitrogens with zero attached hydrogens (tertiary/aromatic N) is 3. The molecule has 8 aromatic rings. The summed E-state index contributed by atoms with van der Waals surface area (Å²) in [6.45, 7) is 22.2. The van der Waals surface area contributed by atoms with E-state index in [9.17, 15) is 0 Å². The number of hydrogen-bond acceptors (Lipinski definition) is 6. The van der Waals surface area contributed by atoms with Crippen molar-refractivity contribution in [1.82, 2.24) is 15.0 Å². The molecule has 5 heterocycles. The molecule has 0 unspecified atom stereocenters. The average molecular weight is 951 g/mol. The summed E-state index contributed by atoms with van der Waals surface area (Å²) in [5.41, 5.74) is 14.2. The number of nitrogens with one attached hydrogen (secondary N) is 1. The van der Waals surface area contributed by atoms with Gasteiger partial charge >= 0.3 is 0 Å². The van der Waals surface area contributed by atoms with E-state index in [2.05, 4.69) is 166 Å². The van der Waals surface area contributed by atoms with Gasteiger partial charge in [0.15, 0.2) is 0 Å². The molecule has 4 nitrogen and oxygen atoms in total. The molecule has 1 N–H and O–H groups in total. The number of anilines is 2. The van der Waals surface area contributed by atoms with Crippen LogP contribution in [0.3, 0.4) is 0 Å². The summed E-state index contributed by atoms with van der Waals surface area (Å²) in [6, 6.07) is 34.4. The van der Waals surface area contributed by atoms with Gasteiger partial charge in [-0.2, -0.15) is 0 Å². The second-order valence-corrected chi connectivity index (χ2v) is 18.9. The van der Waals surface area contributed by atoms with Crippen LogP contribution in [0.2, 0.25) is 0 Å². The fourth-order valence-electron chi connectivity index (χ4n) is 7.72. The van der Waals surface area contributed by atoms with Crippen LogP contribution in [0.1, 0.15) is 74.9 Å². The third kappa shape index (κ3) is 7.40. The molecule has 0 saturated carbocycles. The molecule has 0 fully saturated rings. The van der Waals surface area contributed by atoms with Gasteiger partial charge in [-0.05, 0) is 119 Å². The average Bonchev–Trinajstić information content (AvgIpc) is 3.75. The molecular weight excluding hydrogens is 904 g/mol. The zero-order valence-corrected chi connectivity index (χ0v) is 37.6. The third-order valence-corrected chi connectivity index (χ3v) is 12.9. The van der Waals surface area contributed by atoms with Crippen LogP contribution in [0.25, 0.3) is 63.7 Å². The van der Waals surface area contributed by atoms with Crippen molar-refractivity contribution in [3.05, 3.63) is 137 Å². The van der Waals surface area contributed by atoms with Gasteiger partial charge in [0.1, 0.15) is 11.5 Å². The molecule has 0 aliphatic rings. The van der Waals surface area contributed by atoms with Crippen LogP contribution in [0, 0.1) is 33.8 Å². The largest absolute Gasteiger partial charge is 0.357 e. The van der Waals surface area contributed by atoms with Gasteiger partial charge in [0.25, 0.3) is 0 Å². The molecule has 56 heavy (non-hydrogen) atoms. The van der Waals surface area contributed by atoms with Crippen molar-refractivity contribution in [3.8, 4) is 43.5 Å². The van der Waals surface area contributed by atoms with E-state index >= 15 is 0 Å². The minimum absolute atomic E-state index is 0. The van der Waals surface area contributed by atoms with Gasteiger partial charge in [-0.25, -0.2) is 4.98 Å². The van der Waals surface area contributed by atoms with Crippen molar-refractivity contribution in [1.29, 1.82) is 0 Å². The van der Waals surface area contributed by atoms with E-state index in [0.717, 1.165) is 54.7 Å². The minimum Gasteiger partial charge on any atom is -0.357 e. The van der Waals surface area contributed by atoms with Gasteiger partial charge in [0.2, 0.25) is 0 Å². The Labute approximate surface area is 353 Å². The molecule has 0 amide bonds. The predicted octanol–water partition coefficient (Wildman–Crippen LogP) is 14.3.